The molecule has 1 aromatic carbocycles. The second-order valence-electron chi connectivity index (χ2n) is 3.78. The van der Waals surface area contributed by atoms with Crippen molar-refractivity contribution in [2.24, 2.45) is 0 Å². The van der Waals surface area contributed by atoms with Gasteiger partial charge >= 0.3 is 0 Å². The van der Waals surface area contributed by atoms with Gasteiger partial charge in [-0.15, -0.1) is 0 Å². The summed E-state index contributed by atoms with van der Waals surface area (Å²) in [6.45, 7) is 1.77. The van der Waals surface area contributed by atoms with E-state index < -0.39 is 5.82 Å². The lowest BCUT2D eigenvalue weighted by atomic mass is 10.0. The highest BCUT2D eigenvalue weighted by atomic mass is 19.1. The first-order valence-electron chi connectivity index (χ1n) is 5.49. The Bertz CT molecular complexity index is 392. The molecule has 1 fully saturated rings. The summed E-state index contributed by atoms with van der Waals surface area (Å²) in [7, 11) is 2.97. The molecule has 1 atom stereocenters. The Kier molecular flexibility index (Phi) is 3.81. The number of methoxy groups -OCH3 is 2. The van der Waals surface area contributed by atoms with E-state index in [1.165, 1.54) is 14.2 Å². The van der Waals surface area contributed by atoms with Crippen LogP contribution < -0.4 is 14.8 Å². The smallest absolute Gasteiger partial charge is 0.173 e. The maximum absolute atomic E-state index is 14.2. The van der Waals surface area contributed by atoms with Crippen LogP contribution in [0.2, 0.25) is 0 Å². The molecule has 1 N–H and O–H groups in total. The molecule has 1 aromatic rings. The minimum Gasteiger partial charge on any atom is -0.496 e. The fraction of sp³-hybridized carbons (Fsp3) is 0.500. The number of hydrogen-bond acceptors (Lipinski definition) is 4. The Morgan fingerprint density at radius 1 is 1.29 bits per heavy atom. The highest BCUT2D eigenvalue weighted by molar-refractivity contribution is 5.44. The Balaban J connectivity index is 2.40. The summed E-state index contributed by atoms with van der Waals surface area (Å²) < 4.78 is 29.7. The molecule has 2 rings (SSSR count). The molecule has 0 aromatic heterocycles. The third-order valence-electron chi connectivity index (χ3n) is 2.81. The van der Waals surface area contributed by atoms with Crippen molar-refractivity contribution in [2.45, 2.75) is 6.04 Å². The van der Waals surface area contributed by atoms with Crippen LogP contribution in [0.25, 0.3) is 0 Å². The lowest BCUT2D eigenvalue weighted by Gasteiger charge is -2.26. The number of morpholine rings is 1. The molecule has 0 aliphatic carbocycles. The molecule has 0 radical (unpaired) electrons. The summed E-state index contributed by atoms with van der Waals surface area (Å²) in [5, 5.41) is 3.20. The molecule has 1 aliphatic heterocycles. The van der Waals surface area contributed by atoms with Crippen molar-refractivity contribution in [1.29, 1.82) is 0 Å². The van der Waals surface area contributed by atoms with E-state index in [1.54, 1.807) is 12.1 Å². The van der Waals surface area contributed by atoms with Gasteiger partial charge in [-0.05, 0) is 12.1 Å². The fourth-order valence-corrected chi connectivity index (χ4v) is 1.97. The van der Waals surface area contributed by atoms with Crippen LogP contribution in [0.4, 0.5) is 4.39 Å². The molecule has 4 nitrogen and oxygen atoms in total. The van der Waals surface area contributed by atoms with E-state index in [0.29, 0.717) is 31.1 Å². The van der Waals surface area contributed by atoms with Gasteiger partial charge < -0.3 is 19.5 Å². The molecule has 5 heteroatoms. The van der Waals surface area contributed by atoms with E-state index in [9.17, 15) is 4.39 Å². The van der Waals surface area contributed by atoms with Crippen LogP contribution in [0.15, 0.2) is 12.1 Å². The summed E-state index contributed by atoms with van der Waals surface area (Å²) in [5.41, 5.74) is 0.464. The van der Waals surface area contributed by atoms with Crippen molar-refractivity contribution >= 4 is 0 Å². The van der Waals surface area contributed by atoms with E-state index in [2.05, 4.69) is 5.32 Å². The van der Waals surface area contributed by atoms with Crippen LogP contribution in [-0.4, -0.2) is 34.0 Å². The Hall–Kier alpha value is -1.33. The van der Waals surface area contributed by atoms with E-state index in [4.69, 9.17) is 14.2 Å². The van der Waals surface area contributed by atoms with E-state index in [0.717, 1.165) is 0 Å². The average Bonchev–Trinajstić information content (AvgIpc) is 2.39. The average molecular weight is 241 g/mol. The van der Waals surface area contributed by atoms with Gasteiger partial charge in [0.2, 0.25) is 0 Å². The first-order valence-corrected chi connectivity index (χ1v) is 5.49. The third kappa shape index (κ3) is 2.35. The zero-order valence-corrected chi connectivity index (χ0v) is 9.96. The van der Waals surface area contributed by atoms with Gasteiger partial charge in [0.15, 0.2) is 11.6 Å². The number of rotatable bonds is 3. The quantitative estimate of drug-likeness (QED) is 0.870. The number of nitrogens with one attached hydrogen (secondary N) is 1. The number of hydrogen-bond donors (Lipinski definition) is 1. The van der Waals surface area contributed by atoms with Crippen LogP contribution in [-0.2, 0) is 4.74 Å². The van der Waals surface area contributed by atoms with Gasteiger partial charge in [-0.3, -0.25) is 0 Å². The van der Waals surface area contributed by atoms with Gasteiger partial charge in [-0.2, -0.15) is 0 Å². The highest BCUT2D eigenvalue weighted by Gasteiger charge is 2.25. The predicted octanol–water partition coefficient (Wildman–Crippen LogP) is 1.50. The molecule has 0 bridgehead atoms. The van der Waals surface area contributed by atoms with Gasteiger partial charge in [-0.1, -0.05) is 0 Å². The maximum Gasteiger partial charge on any atom is 0.173 e. The lowest BCUT2D eigenvalue weighted by molar-refractivity contribution is 0.0747. The SMILES string of the molecule is COc1ccc(OC)c(C2COCCN2)c1F. The molecule has 1 heterocycles. The van der Waals surface area contributed by atoms with Crippen LogP contribution in [0.1, 0.15) is 11.6 Å². The summed E-state index contributed by atoms with van der Waals surface area (Å²) in [5.74, 6) is 0.328. The van der Waals surface area contributed by atoms with Gasteiger partial charge in [0.25, 0.3) is 0 Å². The van der Waals surface area contributed by atoms with Crippen LogP contribution in [0.5, 0.6) is 11.5 Å². The Morgan fingerprint density at radius 2 is 2.00 bits per heavy atom. The Morgan fingerprint density at radius 3 is 2.59 bits per heavy atom. The number of ether oxygens (including phenoxy) is 3. The van der Waals surface area contributed by atoms with Crippen LogP contribution in [0, 0.1) is 5.82 Å². The van der Waals surface area contributed by atoms with Crippen molar-refractivity contribution in [3.63, 3.8) is 0 Å². The fourth-order valence-electron chi connectivity index (χ4n) is 1.97. The largest absolute Gasteiger partial charge is 0.496 e. The summed E-state index contributed by atoms with van der Waals surface area (Å²) in [6, 6.07) is 3.06. The standard InChI is InChI=1S/C12H16FNO3/c1-15-9-3-4-10(16-2)12(13)11(9)8-7-17-6-5-14-8/h3-4,8,14H,5-7H2,1-2H3. The van der Waals surface area contributed by atoms with Crippen molar-refractivity contribution in [1.82, 2.24) is 5.32 Å². The van der Waals surface area contributed by atoms with Gasteiger partial charge in [0.05, 0.1) is 39.0 Å². The lowest BCUT2D eigenvalue weighted by Crippen LogP contribution is -2.35. The first-order chi connectivity index (χ1) is 8.27. The molecule has 1 unspecified atom stereocenters. The molecule has 17 heavy (non-hydrogen) atoms. The van der Waals surface area contributed by atoms with E-state index >= 15 is 0 Å². The minimum atomic E-state index is -0.394. The van der Waals surface area contributed by atoms with Crippen molar-refractivity contribution in [3.8, 4) is 11.5 Å². The zero-order chi connectivity index (χ0) is 12.3. The number of halogens is 1. The monoisotopic (exact) mass is 241 g/mol. The number of benzene rings is 1. The molecule has 1 aliphatic rings. The topological polar surface area (TPSA) is 39.7 Å². The molecule has 0 spiro atoms. The third-order valence-corrected chi connectivity index (χ3v) is 2.81. The minimum absolute atomic E-state index is 0.200. The second kappa shape index (κ2) is 5.33. The maximum atomic E-state index is 14.2. The van der Waals surface area contributed by atoms with E-state index in [-0.39, 0.29) is 11.8 Å². The van der Waals surface area contributed by atoms with Gasteiger partial charge in [0, 0.05) is 6.54 Å². The molecule has 0 saturated carbocycles. The molecular formula is C12H16FNO3. The van der Waals surface area contributed by atoms with Gasteiger partial charge in [0.1, 0.15) is 5.75 Å². The zero-order valence-electron chi connectivity index (χ0n) is 9.96. The van der Waals surface area contributed by atoms with Crippen molar-refractivity contribution in [2.75, 3.05) is 34.0 Å². The van der Waals surface area contributed by atoms with E-state index in [1.807, 2.05) is 0 Å². The second-order valence-corrected chi connectivity index (χ2v) is 3.78. The Labute approximate surface area is 99.7 Å². The molecular weight excluding hydrogens is 225 g/mol. The molecule has 1 saturated heterocycles. The normalized spacial score (nSPS) is 20.1. The summed E-state index contributed by atoms with van der Waals surface area (Å²) in [6.07, 6.45) is 0. The summed E-state index contributed by atoms with van der Waals surface area (Å²) in [4.78, 5) is 0. The molecule has 0 amide bonds. The molecule has 94 valence electrons. The highest BCUT2D eigenvalue weighted by Crippen LogP contribution is 2.34. The van der Waals surface area contributed by atoms with Crippen molar-refractivity contribution in [3.05, 3.63) is 23.5 Å². The van der Waals surface area contributed by atoms with Crippen molar-refractivity contribution < 1.29 is 18.6 Å². The summed E-state index contributed by atoms with van der Waals surface area (Å²) >= 11 is 0. The predicted molar refractivity (Wildman–Crippen MR) is 61.1 cm³/mol. The first kappa shape index (κ1) is 12.1. The van der Waals surface area contributed by atoms with Crippen LogP contribution in [0.3, 0.4) is 0 Å². The van der Waals surface area contributed by atoms with Gasteiger partial charge in [-0.25, -0.2) is 4.39 Å². The van der Waals surface area contributed by atoms with Crippen LogP contribution >= 0.6 is 0 Å².